The van der Waals surface area contributed by atoms with E-state index in [2.05, 4.69) is 65.5 Å². The van der Waals surface area contributed by atoms with Crippen molar-refractivity contribution in [2.45, 2.75) is 31.3 Å². The Hall–Kier alpha value is -2.60. The number of hydrogen-bond acceptors (Lipinski definition) is 4. The summed E-state index contributed by atoms with van der Waals surface area (Å²) in [5, 5.41) is 11.0. The molecule has 0 fully saturated rings. The van der Waals surface area contributed by atoms with Crippen LogP contribution in [-0.4, -0.2) is 26.8 Å². The lowest BCUT2D eigenvalue weighted by molar-refractivity contribution is -0.113. The number of anilines is 1. The van der Waals surface area contributed by atoms with Crippen LogP contribution in [0.5, 0.6) is 0 Å². The van der Waals surface area contributed by atoms with Gasteiger partial charge in [0.25, 0.3) is 0 Å². The van der Waals surface area contributed by atoms with Gasteiger partial charge in [-0.2, -0.15) is 0 Å². The summed E-state index contributed by atoms with van der Waals surface area (Å²) < 4.78 is 0. The van der Waals surface area contributed by atoms with Gasteiger partial charge in [-0.05, 0) is 34.2 Å². The first-order valence-corrected chi connectivity index (χ1v) is 9.40. The van der Waals surface area contributed by atoms with Gasteiger partial charge < -0.3 is 10.3 Å². The molecule has 0 saturated carbocycles. The lowest BCUT2D eigenvalue weighted by Crippen LogP contribution is -2.14. The van der Waals surface area contributed by atoms with Gasteiger partial charge in [0.2, 0.25) is 5.91 Å². The third kappa shape index (κ3) is 4.73. The number of nitrogens with zero attached hydrogens (tertiary/aromatic N) is 2. The van der Waals surface area contributed by atoms with E-state index in [0.29, 0.717) is 5.16 Å². The van der Waals surface area contributed by atoms with E-state index in [0.717, 1.165) is 16.8 Å². The third-order valence-corrected chi connectivity index (χ3v) is 4.87. The Kier molecular flexibility index (Phi) is 5.42. The van der Waals surface area contributed by atoms with E-state index in [4.69, 9.17) is 0 Å². The van der Waals surface area contributed by atoms with E-state index in [-0.39, 0.29) is 17.1 Å². The van der Waals surface area contributed by atoms with Gasteiger partial charge in [-0.15, -0.1) is 10.2 Å². The number of aromatic amines is 1. The lowest BCUT2D eigenvalue weighted by Gasteiger charge is -2.19. The maximum atomic E-state index is 12.0. The Morgan fingerprint density at radius 1 is 1.04 bits per heavy atom. The maximum Gasteiger partial charge on any atom is 0.234 e. The monoisotopic (exact) mass is 366 g/mol. The molecule has 26 heavy (non-hydrogen) atoms. The molecule has 0 atom stereocenters. The summed E-state index contributed by atoms with van der Waals surface area (Å²) in [4.78, 5) is 14.9. The second kappa shape index (κ2) is 7.74. The van der Waals surface area contributed by atoms with E-state index in [1.807, 2.05) is 24.3 Å². The lowest BCUT2D eigenvalue weighted by atomic mass is 9.86. The molecule has 1 aromatic heterocycles. The molecule has 0 aliphatic heterocycles. The van der Waals surface area contributed by atoms with Gasteiger partial charge in [0.05, 0.1) is 5.75 Å². The molecule has 3 rings (SSSR count). The molecule has 1 amide bonds. The Morgan fingerprint density at radius 3 is 2.19 bits per heavy atom. The fraction of sp³-hybridized carbons (Fsp3) is 0.250. The molecule has 0 radical (unpaired) electrons. The van der Waals surface area contributed by atoms with E-state index >= 15 is 0 Å². The normalized spacial score (nSPS) is 11.3. The fourth-order valence-electron chi connectivity index (χ4n) is 2.50. The second-order valence-electron chi connectivity index (χ2n) is 7.04. The summed E-state index contributed by atoms with van der Waals surface area (Å²) in [5.74, 6) is 0.208. The highest BCUT2D eigenvalue weighted by atomic mass is 32.2. The van der Waals surface area contributed by atoms with E-state index in [9.17, 15) is 4.79 Å². The van der Waals surface area contributed by atoms with Crippen LogP contribution in [-0.2, 0) is 10.2 Å². The first-order chi connectivity index (χ1) is 12.4. The number of benzene rings is 2. The molecule has 2 N–H and O–H groups in total. The van der Waals surface area contributed by atoms with Crippen molar-refractivity contribution in [2.75, 3.05) is 11.1 Å². The van der Waals surface area contributed by atoms with Crippen LogP contribution in [0.25, 0.3) is 11.1 Å². The Morgan fingerprint density at radius 2 is 1.65 bits per heavy atom. The summed E-state index contributed by atoms with van der Waals surface area (Å²) in [5.41, 5.74) is 4.53. The van der Waals surface area contributed by atoms with Crippen molar-refractivity contribution in [1.29, 1.82) is 0 Å². The fourth-order valence-corrected chi connectivity index (χ4v) is 3.09. The standard InChI is InChI=1S/C20H22N4OS/c1-20(2,3)16-8-4-14(5-9-16)15-6-10-17(11-7-15)23-18(25)12-26-19-21-13-22-24-19/h4-11,13H,12H2,1-3H3,(H,23,25)(H,21,22,24). The number of thioether (sulfide) groups is 1. The molecule has 2 aromatic carbocycles. The van der Waals surface area contributed by atoms with Crippen molar-refractivity contribution in [1.82, 2.24) is 15.2 Å². The average molecular weight is 366 g/mol. The molecule has 6 heteroatoms. The van der Waals surface area contributed by atoms with Gasteiger partial charge in [0, 0.05) is 5.69 Å². The third-order valence-electron chi connectivity index (χ3n) is 3.99. The van der Waals surface area contributed by atoms with Crippen LogP contribution in [0, 0.1) is 0 Å². The summed E-state index contributed by atoms with van der Waals surface area (Å²) >= 11 is 1.32. The highest BCUT2D eigenvalue weighted by Gasteiger charge is 2.13. The summed E-state index contributed by atoms with van der Waals surface area (Å²) in [7, 11) is 0. The molecular weight excluding hydrogens is 344 g/mol. The Bertz CT molecular complexity index is 850. The zero-order valence-electron chi connectivity index (χ0n) is 15.1. The van der Waals surface area contributed by atoms with Gasteiger partial charge in [0.1, 0.15) is 6.33 Å². The number of carbonyl (C=O) groups excluding carboxylic acids is 1. The SMILES string of the molecule is CC(C)(C)c1ccc(-c2ccc(NC(=O)CSc3nnc[nH]3)cc2)cc1. The molecule has 1 heterocycles. The van der Waals surface area contributed by atoms with Gasteiger partial charge in [0.15, 0.2) is 5.16 Å². The predicted molar refractivity (Wildman–Crippen MR) is 106 cm³/mol. The molecule has 5 nitrogen and oxygen atoms in total. The van der Waals surface area contributed by atoms with Crippen LogP contribution in [0.1, 0.15) is 26.3 Å². The number of nitrogens with one attached hydrogen (secondary N) is 2. The zero-order chi connectivity index (χ0) is 18.6. The minimum absolute atomic E-state index is 0.0753. The van der Waals surface area contributed by atoms with Gasteiger partial charge in [-0.3, -0.25) is 4.79 Å². The number of aromatic nitrogens is 3. The molecular formula is C20H22N4OS. The van der Waals surface area contributed by atoms with E-state index in [1.54, 1.807) is 0 Å². The molecule has 0 spiro atoms. The van der Waals surface area contributed by atoms with Crippen molar-refractivity contribution < 1.29 is 4.79 Å². The number of amides is 1. The van der Waals surface area contributed by atoms with Crippen molar-refractivity contribution in [3.63, 3.8) is 0 Å². The second-order valence-corrected chi connectivity index (χ2v) is 8.00. The summed E-state index contributed by atoms with van der Waals surface area (Å²) in [6, 6.07) is 16.5. The molecule has 0 saturated heterocycles. The van der Waals surface area contributed by atoms with Crippen LogP contribution in [0.15, 0.2) is 60.0 Å². The highest BCUT2D eigenvalue weighted by molar-refractivity contribution is 7.99. The van der Waals surface area contributed by atoms with Crippen LogP contribution in [0.2, 0.25) is 0 Å². The summed E-state index contributed by atoms with van der Waals surface area (Å²) in [6.45, 7) is 6.63. The predicted octanol–water partition coefficient (Wildman–Crippen LogP) is 4.50. The van der Waals surface area contributed by atoms with Crippen molar-refractivity contribution in [2.24, 2.45) is 0 Å². The van der Waals surface area contributed by atoms with Crippen molar-refractivity contribution >= 4 is 23.4 Å². The molecule has 0 aliphatic rings. The molecule has 0 unspecified atom stereocenters. The van der Waals surface area contributed by atoms with Crippen molar-refractivity contribution in [3.05, 3.63) is 60.4 Å². The molecule has 0 aliphatic carbocycles. The minimum atomic E-state index is -0.0753. The van der Waals surface area contributed by atoms with Crippen LogP contribution in [0.3, 0.4) is 0 Å². The minimum Gasteiger partial charge on any atom is -0.325 e. The van der Waals surface area contributed by atoms with Gasteiger partial charge >= 0.3 is 0 Å². The van der Waals surface area contributed by atoms with Crippen molar-refractivity contribution in [3.8, 4) is 11.1 Å². The number of H-pyrrole nitrogens is 1. The summed E-state index contributed by atoms with van der Waals surface area (Å²) in [6.07, 6.45) is 1.49. The smallest absolute Gasteiger partial charge is 0.234 e. The highest BCUT2D eigenvalue weighted by Crippen LogP contribution is 2.27. The first kappa shape index (κ1) is 18.2. The topological polar surface area (TPSA) is 70.7 Å². The van der Waals surface area contributed by atoms with E-state index < -0.39 is 0 Å². The molecule has 0 bridgehead atoms. The average Bonchev–Trinajstić information content (AvgIpc) is 3.14. The quantitative estimate of drug-likeness (QED) is 0.652. The molecule has 134 valence electrons. The number of hydrogen-bond donors (Lipinski definition) is 2. The van der Waals surface area contributed by atoms with Crippen LogP contribution >= 0.6 is 11.8 Å². The van der Waals surface area contributed by atoms with Gasteiger partial charge in [-0.25, -0.2) is 0 Å². The van der Waals surface area contributed by atoms with Crippen LogP contribution < -0.4 is 5.32 Å². The molecule has 3 aromatic rings. The van der Waals surface area contributed by atoms with Gasteiger partial charge in [-0.1, -0.05) is 68.9 Å². The van der Waals surface area contributed by atoms with E-state index in [1.165, 1.54) is 23.7 Å². The first-order valence-electron chi connectivity index (χ1n) is 8.41. The number of rotatable bonds is 5. The maximum absolute atomic E-state index is 12.0. The van der Waals surface area contributed by atoms with Crippen LogP contribution in [0.4, 0.5) is 5.69 Å². The Labute approximate surface area is 157 Å². The zero-order valence-corrected chi connectivity index (χ0v) is 15.9. The Balaban J connectivity index is 1.60. The largest absolute Gasteiger partial charge is 0.325 e. The number of carbonyl (C=O) groups is 1.